The number of ether oxygens (including phenoxy) is 1. The van der Waals surface area contributed by atoms with Gasteiger partial charge in [-0.25, -0.2) is 8.42 Å². The van der Waals surface area contributed by atoms with Gasteiger partial charge in [-0.15, -0.1) is 0 Å². The molecule has 1 N–H and O–H groups in total. The second-order valence-corrected chi connectivity index (χ2v) is 8.72. The van der Waals surface area contributed by atoms with Crippen molar-refractivity contribution in [2.45, 2.75) is 51.1 Å². The van der Waals surface area contributed by atoms with E-state index < -0.39 is 16.1 Å². The van der Waals surface area contributed by atoms with Crippen molar-refractivity contribution in [1.82, 2.24) is 9.62 Å². The Morgan fingerprint density at radius 3 is 2.88 bits per heavy atom. The highest BCUT2D eigenvalue weighted by atomic mass is 32.2. The third kappa shape index (κ3) is 3.98. The number of piperidine rings is 1. The Labute approximate surface area is 149 Å². The highest BCUT2D eigenvalue weighted by Crippen LogP contribution is 2.32. The fourth-order valence-corrected chi connectivity index (χ4v) is 5.38. The smallest absolute Gasteiger partial charge is 0.238 e. The first-order chi connectivity index (χ1) is 12.0. The van der Waals surface area contributed by atoms with E-state index in [0.717, 1.165) is 24.2 Å². The monoisotopic (exact) mass is 366 g/mol. The SMILES string of the molecule is CCCS(=O)(=O)N1CCCC[C@H]1C(=O)N[C@H]1CCOc2ccccc21. The number of para-hydroxylation sites is 1. The van der Waals surface area contributed by atoms with Crippen LogP contribution in [0.25, 0.3) is 0 Å². The van der Waals surface area contributed by atoms with Crippen LogP contribution in [0.4, 0.5) is 0 Å². The molecular formula is C18H26N2O4S. The fraction of sp³-hybridized carbons (Fsp3) is 0.611. The summed E-state index contributed by atoms with van der Waals surface area (Å²) in [5.74, 6) is 0.691. The van der Waals surface area contributed by atoms with Crippen molar-refractivity contribution < 1.29 is 17.9 Å². The van der Waals surface area contributed by atoms with Gasteiger partial charge in [0.1, 0.15) is 11.8 Å². The number of amides is 1. The van der Waals surface area contributed by atoms with Crippen LogP contribution in [0.1, 0.15) is 50.6 Å². The number of rotatable bonds is 5. The van der Waals surface area contributed by atoms with E-state index in [1.54, 1.807) is 0 Å². The molecule has 2 aliphatic heterocycles. The zero-order valence-electron chi connectivity index (χ0n) is 14.6. The fourth-order valence-electron chi connectivity index (χ4n) is 3.64. The zero-order chi connectivity index (χ0) is 17.9. The Morgan fingerprint density at radius 1 is 1.28 bits per heavy atom. The van der Waals surface area contributed by atoms with E-state index >= 15 is 0 Å². The molecule has 1 aromatic carbocycles. The molecule has 0 spiro atoms. The van der Waals surface area contributed by atoms with Gasteiger partial charge in [0.15, 0.2) is 0 Å². The third-order valence-electron chi connectivity index (χ3n) is 4.85. The summed E-state index contributed by atoms with van der Waals surface area (Å²) in [5, 5.41) is 3.06. The number of hydrogen-bond acceptors (Lipinski definition) is 4. The van der Waals surface area contributed by atoms with Gasteiger partial charge >= 0.3 is 0 Å². The Bertz CT molecular complexity index is 720. The Hall–Kier alpha value is -1.60. The van der Waals surface area contributed by atoms with Gasteiger partial charge in [0.2, 0.25) is 15.9 Å². The number of sulfonamides is 1. The van der Waals surface area contributed by atoms with Gasteiger partial charge in [-0.05, 0) is 25.3 Å². The van der Waals surface area contributed by atoms with Crippen LogP contribution in [-0.4, -0.2) is 43.6 Å². The normalized spacial score (nSPS) is 24.2. The minimum absolute atomic E-state index is 0.0941. The molecule has 7 heteroatoms. The quantitative estimate of drug-likeness (QED) is 0.867. The van der Waals surface area contributed by atoms with E-state index in [1.807, 2.05) is 31.2 Å². The van der Waals surface area contributed by atoms with E-state index in [9.17, 15) is 13.2 Å². The average molecular weight is 366 g/mol. The molecule has 1 amide bonds. The van der Waals surface area contributed by atoms with Crippen molar-refractivity contribution in [3.63, 3.8) is 0 Å². The number of hydrogen-bond donors (Lipinski definition) is 1. The lowest BCUT2D eigenvalue weighted by atomic mass is 9.99. The van der Waals surface area contributed by atoms with Gasteiger partial charge in [-0.2, -0.15) is 4.31 Å². The van der Waals surface area contributed by atoms with Crippen molar-refractivity contribution in [3.05, 3.63) is 29.8 Å². The molecule has 138 valence electrons. The third-order valence-corrected chi connectivity index (χ3v) is 6.93. The zero-order valence-corrected chi connectivity index (χ0v) is 15.4. The summed E-state index contributed by atoms with van der Waals surface area (Å²) in [6.07, 6.45) is 3.52. The first-order valence-electron chi connectivity index (χ1n) is 9.04. The lowest BCUT2D eigenvalue weighted by Crippen LogP contribution is -2.53. The summed E-state index contributed by atoms with van der Waals surface area (Å²) in [5.41, 5.74) is 0.959. The molecule has 3 rings (SSSR count). The molecule has 25 heavy (non-hydrogen) atoms. The molecule has 1 saturated heterocycles. The maximum absolute atomic E-state index is 12.9. The van der Waals surface area contributed by atoms with E-state index in [4.69, 9.17) is 4.74 Å². The predicted octanol–water partition coefficient (Wildman–Crippen LogP) is 2.22. The Balaban J connectivity index is 1.76. The summed E-state index contributed by atoms with van der Waals surface area (Å²) in [6.45, 7) is 2.82. The van der Waals surface area contributed by atoms with Crippen LogP contribution in [0.15, 0.2) is 24.3 Å². The average Bonchev–Trinajstić information content (AvgIpc) is 2.62. The van der Waals surface area contributed by atoms with Gasteiger partial charge in [-0.3, -0.25) is 4.79 Å². The van der Waals surface area contributed by atoms with Gasteiger partial charge in [-0.1, -0.05) is 31.5 Å². The van der Waals surface area contributed by atoms with Gasteiger partial charge in [0, 0.05) is 18.5 Å². The molecule has 0 aliphatic carbocycles. The Kier molecular flexibility index (Phi) is 5.64. The molecule has 0 bridgehead atoms. The number of carbonyl (C=O) groups is 1. The van der Waals surface area contributed by atoms with E-state index in [1.165, 1.54) is 4.31 Å². The van der Waals surface area contributed by atoms with Gasteiger partial charge in [0.05, 0.1) is 18.4 Å². The number of carbonyl (C=O) groups excluding carboxylic acids is 1. The lowest BCUT2D eigenvalue weighted by Gasteiger charge is -2.35. The van der Waals surface area contributed by atoms with Crippen molar-refractivity contribution >= 4 is 15.9 Å². The van der Waals surface area contributed by atoms with Crippen molar-refractivity contribution in [2.75, 3.05) is 18.9 Å². The summed E-state index contributed by atoms with van der Waals surface area (Å²) in [4.78, 5) is 12.9. The minimum Gasteiger partial charge on any atom is -0.493 e. The number of nitrogens with zero attached hydrogens (tertiary/aromatic N) is 1. The van der Waals surface area contributed by atoms with E-state index in [0.29, 0.717) is 32.4 Å². The summed E-state index contributed by atoms with van der Waals surface area (Å²) >= 11 is 0. The first-order valence-corrected chi connectivity index (χ1v) is 10.7. The van der Waals surface area contributed by atoms with Crippen LogP contribution < -0.4 is 10.1 Å². The molecule has 0 unspecified atom stereocenters. The van der Waals surface area contributed by atoms with E-state index in [-0.39, 0.29) is 17.7 Å². The molecular weight excluding hydrogens is 340 g/mol. The molecule has 2 heterocycles. The van der Waals surface area contributed by atoms with Crippen LogP contribution in [-0.2, 0) is 14.8 Å². The molecule has 2 atom stereocenters. The van der Waals surface area contributed by atoms with Crippen LogP contribution >= 0.6 is 0 Å². The van der Waals surface area contributed by atoms with Crippen molar-refractivity contribution in [1.29, 1.82) is 0 Å². The highest BCUT2D eigenvalue weighted by molar-refractivity contribution is 7.89. The van der Waals surface area contributed by atoms with Crippen LogP contribution in [0, 0.1) is 0 Å². The standard InChI is InChI=1S/C18H26N2O4S/c1-2-13-25(22,23)20-11-6-5-8-16(20)18(21)19-15-10-12-24-17-9-4-3-7-14(15)17/h3-4,7,9,15-16H,2,5-6,8,10-13H2,1H3,(H,19,21)/t15-,16-/m0/s1. The largest absolute Gasteiger partial charge is 0.493 e. The topological polar surface area (TPSA) is 75.7 Å². The lowest BCUT2D eigenvalue weighted by molar-refractivity contribution is -0.126. The van der Waals surface area contributed by atoms with Crippen LogP contribution in [0.5, 0.6) is 5.75 Å². The first kappa shape index (κ1) is 18.2. The molecule has 6 nitrogen and oxygen atoms in total. The van der Waals surface area contributed by atoms with Crippen molar-refractivity contribution in [2.24, 2.45) is 0 Å². The Morgan fingerprint density at radius 2 is 2.08 bits per heavy atom. The molecule has 0 aromatic heterocycles. The number of benzene rings is 1. The van der Waals surface area contributed by atoms with E-state index in [2.05, 4.69) is 5.32 Å². The van der Waals surface area contributed by atoms with Crippen LogP contribution in [0.3, 0.4) is 0 Å². The number of fused-ring (bicyclic) bond motifs is 1. The molecule has 0 radical (unpaired) electrons. The second kappa shape index (κ2) is 7.74. The highest BCUT2D eigenvalue weighted by Gasteiger charge is 2.37. The van der Waals surface area contributed by atoms with Gasteiger partial charge < -0.3 is 10.1 Å². The molecule has 1 aromatic rings. The van der Waals surface area contributed by atoms with Crippen LogP contribution in [0.2, 0.25) is 0 Å². The molecule has 2 aliphatic rings. The second-order valence-electron chi connectivity index (χ2n) is 6.67. The maximum atomic E-state index is 12.9. The van der Waals surface area contributed by atoms with Crippen molar-refractivity contribution in [3.8, 4) is 5.75 Å². The maximum Gasteiger partial charge on any atom is 0.238 e. The summed E-state index contributed by atoms with van der Waals surface area (Å²) in [6, 6.07) is 6.95. The number of nitrogens with one attached hydrogen (secondary N) is 1. The van der Waals surface area contributed by atoms with Gasteiger partial charge in [0.25, 0.3) is 0 Å². The molecule has 1 fully saturated rings. The summed E-state index contributed by atoms with van der Waals surface area (Å²) in [7, 11) is -3.38. The molecule has 0 saturated carbocycles. The minimum atomic E-state index is -3.38. The summed E-state index contributed by atoms with van der Waals surface area (Å²) < 4.78 is 32.1. The predicted molar refractivity (Wildman–Crippen MR) is 95.9 cm³/mol.